The number of hydrogen-bond donors (Lipinski definition) is 2. The monoisotopic (exact) mass is 326 g/mol. The minimum absolute atomic E-state index is 0.190. The van der Waals surface area contributed by atoms with E-state index < -0.39 is 24.4 Å². The van der Waals surface area contributed by atoms with Crippen molar-refractivity contribution in [2.24, 2.45) is 5.73 Å². The molecule has 24 heavy (non-hydrogen) atoms. The van der Waals surface area contributed by atoms with Crippen LogP contribution in [0.15, 0.2) is 54.6 Å². The van der Waals surface area contributed by atoms with Crippen molar-refractivity contribution < 1.29 is 19.1 Å². The molecule has 2 aromatic rings. The number of amides is 2. The summed E-state index contributed by atoms with van der Waals surface area (Å²) in [5.74, 6) is -1.64. The Labute approximate surface area is 139 Å². The maximum absolute atomic E-state index is 11.8. The molecule has 0 saturated carbocycles. The maximum atomic E-state index is 11.8. The molecule has 6 nitrogen and oxygen atoms in total. The summed E-state index contributed by atoms with van der Waals surface area (Å²) in [6.07, 6.45) is 0.737. The average Bonchev–Trinajstić information content (AvgIpc) is 2.59. The third-order valence-corrected chi connectivity index (χ3v) is 3.29. The number of ether oxygens (including phenoxy) is 1. The highest BCUT2D eigenvalue weighted by Crippen LogP contribution is 2.14. The molecule has 2 aromatic carbocycles. The van der Waals surface area contributed by atoms with Crippen molar-refractivity contribution in [3.05, 3.63) is 65.7 Å². The maximum Gasteiger partial charge on any atom is 0.306 e. The van der Waals surface area contributed by atoms with Crippen molar-refractivity contribution in [3.8, 4) is 0 Å². The normalized spacial score (nSPS) is 10.0. The number of esters is 1. The SMILES string of the molecule is NC(=O)c1ccccc1NC(=O)COC(=O)CCc1ccccc1. The Morgan fingerprint density at radius 3 is 2.33 bits per heavy atom. The van der Waals surface area contributed by atoms with Gasteiger partial charge in [-0.3, -0.25) is 14.4 Å². The lowest BCUT2D eigenvalue weighted by Gasteiger charge is -2.09. The van der Waals surface area contributed by atoms with Crippen LogP contribution in [0.25, 0.3) is 0 Å². The Bertz CT molecular complexity index is 729. The molecule has 124 valence electrons. The number of hydrogen-bond acceptors (Lipinski definition) is 4. The molecule has 0 aliphatic heterocycles. The molecule has 0 fully saturated rings. The molecule has 0 radical (unpaired) electrons. The van der Waals surface area contributed by atoms with Gasteiger partial charge in [-0.15, -0.1) is 0 Å². The van der Waals surface area contributed by atoms with Gasteiger partial charge in [0.15, 0.2) is 6.61 Å². The molecule has 3 N–H and O–H groups in total. The summed E-state index contributed by atoms with van der Waals surface area (Å²) in [7, 11) is 0. The first-order valence-corrected chi connectivity index (χ1v) is 7.44. The van der Waals surface area contributed by atoms with Gasteiger partial charge in [-0.05, 0) is 24.1 Å². The van der Waals surface area contributed by atoms with Gasteiger partial charge < -0.3 is 15.8 Å². The summed E-state index contributed by atoms with van der Waals surface area (Å²) in [6.45, 7) is -0.416. The van der Waals surface area contributed by atoms with Crippen molar-refractivity contribution in [3.63, 3.8) is 0 Å². The lowest BCUT2D eigenvalue weighted by atomic mass is 10.1. The number of carbonyl (C=O) groups is 3. The molecule has 6 heteroatoms. The summed E-state index contributed by atoms with van der Waals surface area (Å²) in [5, 5.41) is 2.50. The molecular formula is C18H18N2O4. The van der Waals surface area contributed by atoms with Crippen LogP contribution in [0.4, 0.5) is 5.69 Å². The topological polar surface area (TPSA) is 98.5 Å². The second-order valence-electron chi connectivity index (χ2n) is 5.10. The molecule has 2 amide bonds. The fourth-order valence-corrected chi connectivity index (χ4v) is 2.10. The lowest BCUT2D eigenvalue weighted by molar-refractivity contribution is -0.147. The van der Waals surface area contributed by atoms with Crippen LogP contribution < -0.4 is 11.1 Å². The molecule has 0 saturated heterocycles. The molecule has 0 aliphatic rings. The van der Waals surface area contributed by atoms with Gasteiger partial charge in [0.05, 0.1) is 11.3 Å². The highest BCUT2D eigenvalue weighted by atomic mass is 16.5. The molecule has 0 aromatic heterocycles. The first-order valence-electron chi connectivity index (χ1n) is 7.44. The molecule has 0 aliphatic carbocycles. The van der Waals surface area contributed by atoms with Gasteiger partial charge in [0.2, 0.25) is 0 Å². The van der Waals surface area contributed by atoms with Crippen LogP contribution >= 0.6 is 0 Å². The Hall–Kier alpha value is -3.15. The van der Waals surface area contributed by atoms with Gasteiger partial charge in [-0.1, -0.05) is 42.5 Å². The lowest BCUT2D eigenvalue weighted by Crippen LogP contribution is -2.23. The fourth-order valence-electron chi connectivity index (χ4n) is 2.10. The summed E-state index contributed by atoms with van der Waals surface area (Å²) in [4.78, 5) is 34.8. The van der Waals surface area contributed by atoms with E-state index in [1.807, 2.05) is 30.3 Å². The van der Waals surface area contributed by atoms with E-state index in [9.17, 15) is 14.4 Å². The Balaban J connectivity index is 1.79. The van der Waals surface area contributed by atoms with Crippen molar-refractivity contribution in [1.29, 1.82) is 0 Å². The van der Waals surface area contributed by atoms with Gasteiger partial charge in [-0.25, -0.2) is 0 Å². The van der Waals surface area contributed by atoms with Crippen LogP contribution in [-0.2, 0) is 20.7 Å². The Morgan fingerprint density at radius 1 is 0.958 bits per heavy atom. The summed E-state index contributed by atoms with van der Waals surface area (Å²) in [6, 6.07) is 15.9. The largest absolute Gasteiger partial charge is 0.456 e. The molecule has 0 unspecified atom stereocenters. The number of rotatable bonds is 7. The first-order chi connectivity index (χ1) is 11.6. The Morgan fingerprint density at radius 2 is 1.62 bits per heavy atom. The zero-order valence-electron chi connectivity index (χ0n) is 13.0. The molecular weight excluding hydrogens is 308 g/mol. The third-order valence-electron chi connectivity index (χ3n) is 3.29. The second kappa shape index (κ2) is 8.47. The van der Waals surface area contributed by atoms with Gasteiger partial charge in [0, 0.05) is 6.42 Å². The van der Waals surface area contributed by atoms with Gasteiger partial charge in [-0.2, -0.15) is 0 Å². The van der Waals surface area contributed by atoms with Gasteiger partial charge in [0.1, 0.15) is 0 Å². The number of aryl methyl sites for hydroxylation is 1. The van der Waals surface area contributed by atoms with Crippen LogP contribution in [0.5, 0.6) is 0 Å². The smallest absolute Gasteiger partial charge is 0.306 e. The zero-order valence-corrected chi connectivity index (χ0v) is 13.0. The highest BCUT2D eigenvalue weighted by molar-refractivity contribution is 6.03. The third kappa shape index (κ3) is 5.24. The van der Waals surface area contributed by atoms with Gasteiger partial charge in [0.25, 0.3) is 11.8 Å². The number of benzene rings is 2. The van der Waals surface area contributed by atoms with Crippen LogP contribution in [0.2, 0.25) is 0 Å². The number of carbonyl (C=O) groups excluding carboxylic acids is 3. The summed E-state index contributed by atoms with van der Waals surface area (Å²) in [5.41, 5.74) is 6.74. The number of nitrogens with one attached hydrogen (secondary N) is 1. The van der Waals surface area contributed by atoms with Crippen molar-refractivity contribution in [2.75, 3.05) is 11.9 Å². The second-order valence-corrected chi connectivity index (χ2v) is 5.10. The van der Waals surface area contributed by atoms with E-state index in [1.54, 1.807) is 18.2 Å². The average molecular weight is 326 g/mol. The predicted molar refractivity (Wildman–Crippen MR) is 89.3 cm³/mol. The van der Waals surface area contributed by atoms with E-state index in [0.717, 1.165) is 5.56 Å². The standard InChI is InChI=1S/C18H18N2O4/c19-18(23)14-8-4-5-9-15(14)20-16(21)12-24-17(22)11-10-13-6-2-1-3-7-13/h1-9H,10-12H2,(H2,19,23)(H,20,21). The fraction of sp³-hybridized carbons (Fsp3) is 0.167. The van der Waals surface area contributed by atoms with E-state index in [2.05, 4.69) is 5.32 Å². The van der Waals surface area contributed by atoms with Crippen LogP contribution in [0.1, 0.15) is 22.3 Å². The van der Waals surface area contributed by atoms with Crippen molar-refractivity contribution in [2.45, 2.75) is 12.8 Å². The van der Waals surface area contributed by atoms with Crippen molar-refractivity contribution >= 4 is 23.5 Å². The highest BCUT2D eigenvalue weighted by Gasteiger charge is 2.12. The number of nitrogens with two attached hydrogens (primary N) is 1. The molecule has 0 spiro atoms. The summed E-state index contributed by atoms with van der Waals surface area (Å²) < 4.78 is 4.93. The van der Waals surface area contributed by atoms with E-state index >= 15 is 0 Å². The van der Waals surface area contributed by atoms with E-state index in [4.69, 9.17) is 10.5 Å². The minimum atomic E-state index is -0.647. The minimum Gasteiger partial charge on any atom is -0.456 e. The number of anilines is 1. The van der Waals surface area contributed by atoms with E-state index in [-0.39, 0.29) is 17.7 Å². The van der Waals surface area contributed by atoms with Crippen LogP contribution in [0.3, 0.4) is 0 Å². The molecule has 0 bridgehead atoms. The zero-order chi connectivity index (χ0) is 17.4. The van der Waals surface area contributed by atoms with Crippen LogP contribution in [-0.4, -0.2) is 24.4 Å². The number of primary amides is 1. The predicted octanol–water partition coefficient (Wildman–Crippen LogP) is 1.90. The first kappa shape index (κ1) is 17.2. The molecule has 2 rings (SSSR count). The Kier molecular flexibility index (Phi) is 6.08. The van der Waals surface area contributed by atoms with E-state index in [0.29, 0.717) is 6.42 Å². The van der Waals surface area contributed by atoms with Crippen LogP contribution in [0, 0.1) is 0 Å². The number of para-hydroxylation sites is 1. The van der Waals surface area contributed by atoms with Crippen molar-refractivity contribution in [1.82, 2.24) is 0 Å². The molecule has 0 atom stereocenters. The summed E-state index contributed by atoms with van der Waals surface area (Å²) >= 11 is 0. The van der Waals surface area contributed by atoms with Gasteiger partial charge >= 0.3 is 5.97 Å². The quantitative estimate of drug-likeness (QED) is 0.759. The van der Waals surface area contributed by atoms with E-state index in [1.165, 1.54) is 6.07 Å². The molecule has 0 heterocycles.